The second-order valence-electron chi connectivity index (χ2n) is 8.45. The zero-order valence-corrected chi connectivity index (χ0v) is 18.5. The fourth-order valence-electron chi connectivity index (χ4n) is 4.18. The molecule has 2 fully saturated rings. The molecule has 2 saturated heterocycles. The van der Waals surface area contributed by atoms with E-state index in [-0.39, 0.29) is 17.2 Å². The van der Waals surface area contributed by atoms with Gasteiger partial charge in [-0.1, -0.05) is 18.7 Å². The van der Waals surface area contributed by atoms with Crippen molar-refractivity contribution in [2.24, 2.45) is 5.92 Å². The lowest BCUT2D eigenvalue weighted by atomic mass is 9.99. The first-order valence-corrected chi connectivity index (χ1v) is 11.9. The van der Waals surface area contributed by atoms with Gasteiger partial charge in [-0.25, -0.2) is 0 Å². The highest BCUT2D eigenvalue weighted by Gasteiger charge is 2.33. The van der Waals surface area contributed by atoms with Crippen molar-refractivity contribution in [3.8, 4) is 0 Å². The smallest absolute Gasteiger partial charge is 0.252 e. The van der Waals surface area contributed by atoms with Crippen molar-refractivity contribution in [1.82, 2.24) is 15.1 Å². The van der Waals surface area contributed by atoms with Gasteiger partial charge in [-0.15, -0.1) is 0 Å². The number of anilines is 1. The largest absolute Gasteiger partial charge is 0.379 e. The van der Waals surface area contributed by atoms with Gasteiger partial charge in [-0.05, 0) is 63.0 Å². The molecule has 0 spiro atoms. The van der Waals surface area contributed by atoms with E-state index in [4.69, 9.17) is 4.74 Å². The van der Waals surface area contributed by atoms with Gasteiger partial charge < -0.3 is 20.3 Å². The maximum absolute atomic E-state index is 12.6. The number of nitrogens with zero attached hydrogens (tertiary/aromatic N) is 2. The molecule has 0 unspecified atom stereocenters. The van der Waals surface area contributed by atoms with Crippen LogP contribution in [-0.4, -0.2) is 79.5 Å². The molecule has 0 radical (unpaired) electrons. The van der Waals surface area contributed by atoms with E-state index in [9.17, 15) is 9.59 Å². The Morgan fingerprint density at radius 3 is 2.77 bits per heavy atom. The molecular formula is C22H32N4O3S. The normalized spacial score (nSPS) is 23.6. The van der Waals surface area contributed by atoms with Gasteiger partial charge in [0.25, 0.3) is 11.8 Å². The Balaban J connectivity index is 1.27. The quantitative estimate of drug-likeness (QED) is 0.672. The molecule has 4 rings (SSSR count). The van der Waals surface area contributed by atoms with Gasteiger partial charge in [0.2, 0.25) is 0 Å². The SMILES string of the molecule is CC1CCN(CCCNC(=O)c2ccc3c(c2)NC(=O)[C@H](N2CCOCC2)S3)CC1. The van der Waals surface area contributed by atoms with Crippen LogP contribution in [0, 0.1) is 5.92 Å². The van der Waals surface area contributed by atoms with Gasteiger partial charge in [-0.3, -0.25) is 14.5 Å². The average molecular weight is 433 g/mol. The van der Waals surface area contributed by atoms with E-state index in [2.05, 4.69) is 27.4 Å². The number of nitrogens with one attached hydrogen (secondary N) is 2. The molecule has 2 N–H and O–H groups in total. The van der Waals surface area contributed by atoms with Crippen LogP contribution < -0.4 is 10.6 Å². The standard InChI is InChI=1S/C22H32N4O3S/c1-16-5-9-25(10-6-16)8-2-7-23-20(27)17-3-4-19-18(15-17)24-21(28)22(30-19)26-11-13-29-14-12-26/h3-4,15-16,22H,2,5-14H2,1H3,(H,23,27)(H,24,28)/t22-/m1/s1. The summed E-state index contributed by atoms with van der Waals surface area (Å²) < 4.78 is 5.39. The molecule has 3 heterocycles. The molecule has 0 bridgehead atoms. The molecule has 2 amide bonds. The third-order valence-electron chi connectivity index (χ3n) is 6.15. The first kappa shape index (κ1) is 21.6. The Morgan fingerprint density at radius 1 is 1.23 bits per heavy atom. The summed E-state index contributed by atoms with van der Waals surface area (Å²) in [5.74, 6) is 0.732. The number of piperidine rings is 1. The number of rotatable bonds is 6. The van der Waals surface area contributed by atoms with Crippen molar-refractivity contribution in [1.29, 1.82) is 0 Å². The number of carbonyl (C=O) groups excluding carboxylic acids is 2. The number of likely N-dealkylation sites (tertiary alicyclic amines) is 1. The highest BCUT2D eigenvalue weighted by molar-refractivity contribution is 8.00. The van der Waals surface area contributed by atoms with E-state index in [1.54, 1.807) is 17.8 Å². The zero-order valence-electron chi connectivity index (χ0n) is 17.7. The maximum Gasteiger partial charge on any atom is 0.252 e. The van der Waals surface area contributed by atoms with Crippen LogP contribution in [0.5, 0.6) is 0 Å². The van der Waals surface area contributed by atoms with Gasteiger partial charge in [0.1, 0.15) is 5.37 Å². The summed E-state index contributed by atoms with van der Waals surface area (Å²) in [5, 5.41) is 5.77. The Kier molecular flexibility index (Phi) is 7.30. The number of hydrogen-bond donors (Lipinski definition) is 2. The minimum Gasteiger partial charge on any atom is -0.379 e. The molecule has 1 aromatic carbocycles. The number of ether oxygens (including phenoxy) is 1. The highest BCUT2D eigenvalue weighted by Crippen LogP contribution is 2.37. The van der Waals surface area contributed by atoms with Crippen molar-refractivity contribution in [3.63, 3.8) is 0 Å². The number of benzene rings is 1. The summed E-state index contributed by atoms with van der Waals surface area (Å²) in [4.78, 5) is 30.8. The fraction of sp³-hybridized carbons (Fsp3) is 0.636. The van der Waals surface area contributed by atoms with Gasteiger partial charge in [-0.2, -0.15) is 0 Å². The van der Waals surface area contributed by atoms with E-state index in [0.717, 1.165) is 42.6 Å². The summed E-state index contributed by atoms with van der Waals surface area (Å²) >= 11 is 1.55. The summed E-state index contributed by atoms with van der Waals surface area (Å²) in [7, 11) is 0. The van der Waals surface area contributed by atoms with Crippen LogP contribution in [0.25, 0.3) is 0 Å². The molecule has 3 aliphatic heterocycles. The van der Waals surface area contributed by atoms with Crippen molar-refractivity contribution >= 4 is 29.3 Å². The van der Waals surface area contributed by atoms with Crippen molar-refractivity contribution in [2.75, 3.05) is 57.8 Å². The Morgan fingerprint density at radius 2 is 2.00 bits per heavy atom. The lowest BCUT2D eigenvalue weighted by molar-refractivity contribution is -0.119. The lowest BCUT2D eigenvalue weighted by Crippen LogP contribution is -2.48. The van der Waals surface area contributed by atoms with E-state index < -0.39 is 0 Å². The minimum absolute atomic E-state index is 0.0252. The van der Waals surface area contributed by atoms with E-state index in [1.165, 1.54) is 25.9 Å². The number of morpholine rings is 1. The van der Waals surface area contributed by atoms with Crippen LogP contribution in [0.15, 0.2) is 23.1 Å². The van der Waals surface area contributed by atoms with Crippen molar-refractivity contribution in [2.45, 2.75) is 36.5 Å². The van der Waals surface area contributed by atoms with Crippen molar-refractivity contribution < 1.29 is 14.3 Å². The number of fused-ring (bicyclic) bond motifs is 1. The second-order valence-corrected chi connectivity index (χ2v) is 9.57. The summed E-state index contributed by atoms with van der Waals surface area (Å²) in [6.07, 6.45) is 3.51. The van der Waals surface area contributed by atoms with Gasteiger partial charge >= 0.3 is 0 Å². The zero-order chi connectivity index (χ0) is 20.9. The van der Waals surface area contributed by atoms with E-state index in [1.807, 2.05) is 12.1 Å². The number of hydrogen-bond acceptors (Lipinski definition) is 6. The molecule has 164 valence electrons. The average Bonchev–Trinajstić information content (AvgIpc) is 2.77. The lowest BCUT2D eigenvalue weighted by Gasteiger charge is -2.35. The van der Waals surface area contributed by atoms with E-state index >= 15 is 0 Å². The molecule has 1 aromatic rings. The number of carbonyl (C=O) groups is 2. The van der Waals surface area contributed by atoms with Crippen LogP contribution in [0.1, 0.15) is 36.5 Å². The third kappa shape index (κ3) is 5.35. The first-order chi connectivity index (χ1) is 14.6. The Bertz CT molecular complexity index is 761. The fourth-order valence-corrected chi connectivity index (χ4v) is 5.33. The Labute approximate surface area is 182 Å². The van der Waals surface area contributed by atoms with Crippen LogP contribution in [-0.2, 0) is 9.53 Å². The highest BCUT2D eigenvalue weighted by atomic mass is 32.2. The molecule has 0 aliphatic carbocycles. The molecule has 7 nitrogen and oxygen atoms in total. The predicted octanol–water partition coefficient (Wildman–Crippen LogP) is 2.24. The molecule has 30 heavy (non-hydrogen) atoms. The van der Waals surface area contributed by atoms with E-state index in [0.29, 0.717) is 25.3 Å². The molecule has 1 atom stereocenters. The monoisotopic (exact) mass is 432 g/mol. The second kappa shape index (κ2) is 10.1. The third-order valence-corrected chi connectivity index (χ3v) is 7.50. The summed E-state index contributed by atoms with van der Waals surface area (Å²) in [6.45, 7) is 9.20. The minimum atomic E-state index is -0.237. The van der Waals surface area contributed by atoms with Crippen molar-refractivity contribution in [3.05, 3.63) is 23.8 Å². The molecule has 0 aromatic heterocycles. The number of thioether (sulfide) groups is 1. The Hall–Kier alpha value is -1.61. The van der Waals surface area contributed by atoms with Gasteiger partial charge in [0.15, 0.2) is 0 Å². The molecule has 3 aliphatic rings. The molecule has 8 heteroatoms. The predicted molar refractivity (Wildman–Crippen MR) is 119 cm³/mol. The van der Waals surface area contributed by atoms with Gasteiger partial charge in [0.05, 0.1) is 18.9 Å². The van der Waals surface area contributed by atoms with Crippen LogP contribution in [0.4, 0.5) is 5.69 Å². The summed E-state index contributed by atoms with van der Waals surface area (Å²) in [6, 6.07) is 5.58. The van der Waals surface area contributed by atoms with Crippen LogP contribution in [0.2, 0.25) is 0 Å². The summed E-state index contributed by atoms with van der Waals surface area (Å²) in [5.41, 5.74) is 1.32. The van der Waals surface area contributed by atoms with Crippen LogP contribution in [0.3, 0.4) is 0 Å². The maximum atomic E-state index is 12.6. The molecular weight excluding hydrogens is 400 g/mol. The molecule has 0 saturated carbocycles. The van der Waals surface area contributed by atoms with Gasteiger partial charge in [0, 0.05) is 30.1 Å². The van der Waals surface area contributed by atoms with Crippen LogP contribution >= 0.6 is 11.8 Å². The number of amides is 2. The first-order valence-electron chi connectivity index (χ1n) is 11.0. The topological polar surface area (TPSA) is 73.9 Å².